The molecule has 7 nitrogen and oxygen atoms in total. The van der Waals surface area contributed by atoms with Crippen LogP contribution < -0.4 is 0 Å². The second kappa shape index (κ2) is 6.96. The first-order chi connectivity index (χ1) is 8.95. The van der Waals surface area contributed by atoms with Crippen molar-refractivity contribution in [3.8, 4) is 0 Å². The lowest BCUT2D eigenvalue weighted by atomic mass is 9.99. The molecule has 0 aromatic carbocycles. The summed E-state index contributed by atoms with van der Waals surface area (Å²) in [5.41, 5.74) is 0. The van der Waals surface area contributed by atoms with Gasteiger partial charge in [0.25, 0.3) is 0 Å². The summed E-state index contributed by atoms with van der Waals surface area (Å²) >= 11 is 0. The van der Waals surface area contributed by atoms with Gasteiger partial charge < -0.3 is 19.6 Å². The summed E-state index contributed by atoms with van der Waals surface area (Å²) in [6, 6.07) is -0.334. The normalized spacial score (nSPS) is 18.8. The highest BCUT2D eigenvalue weighted by Crippen LogP contribution is 2.17. The Bertz CT molecular complexity index is 358. The lowest BCUT2D eigenvalue weighted by Gasteiger charge is -2.33. The second-order valence-electron chi connectivity index (χ2n) is 4.57. The Balaban J connectivity index is 2.51. The largest absolute Gasteiger partial charge is 0.481 e. The van der Waals surface area contributed by atoms with Crippen molar-refractivity contribution in [1.82, 2.24) is 9.80 Å². The lowest BCUT2D eigenvalue weighted by molar-refractivity contribution is -0.145. The van der Waals surface area contributed by atoms with E-state index in [0.29, 0.717) is 19.4 Å². The Morgan fingerprint density at radius 2 is 2.11 bits per heavy atom. The number of hydrogen-bond donors (Lipinski definition) is 1. The maximum Gasteiger partial charge on any atom is 0.325 e. The number of nitrogens with zero attached hydrogens (tertiary/aromatic N) is 2. The molecule has 0 radical (unpaired) electrons. The van der Waals surface area contributed by atoms with Crippen LogP contribution in [0.3, 0.4) is 0 Å². The second-order valence-corrected chi connectivity index (χ2v) is 4.57. The van der Waals surface area contributed by atoms with Crippen LogP contribution >= 0.6 is 0 Å². The number of likely N-dealkylation sites (tertiary alicyclic amines) is 1. The fraction of sp³-hybridized carbons (Fsp3) is 0.750. The van der Waals surface area contributed by atoms with E-state index in [1.807, 2.05) is 0 Å². The molecular weight excluding hydrogens is 252 g/mol. The molecule has 1 aliphatic rings. The number of rotatable bonds is 4. The van der Waals surface area contributed by atoms with Crippen LogP contribution in [0.1, 0.15) is 19.8 Å². The molecule has 2 amide bonds. The molecule has 1 rings (SSSR count). The Kier molecular flexibility index (Phi) is 5.59. The molecule has 1 atom stereocenters. The predicted octanol–water partition coefficient (Wildman–Crippen LogP) is 0.398. The number of amides is 2. The van der Waals surface area contributed by atoms with Crippen molar-refractivity contribution in [2.24, 2.45) is 5.92 Å². The zero-order valence-electron chi connectivity index (χ0n) is 11.3. The summed E-state index contributed by atoms with van der Waals surface area (Å²) in [6.07, 6.45) is 1.25. The van der Waals surface area contributed by atoms with Gasteiger partial charge in [0.1, 0.15) is 6.54 Å². The molecule has 0 bridgehead atoms. The number of carboxylic acid groups (broad SMARTS) is 1. The van der Waals surface area contributed by atoms with E-state index in [0.717, 1.165) is 0 Å². The van der Waals surface area contributed by atoms with E-state index in [1.165, 1.54) is 16.8 Å². The molecule has 1 heterocycles. The van der Waals surface area contributed by atoms with Gasteiger partial charge in [0.2, 0.25) is 0 Å². The smallest absolute Gasteiger partial charge is 0.325 e. The Morgan fingerprint density at radius 3 is 2.68 bits per heavy atom. The summed E-state index contributed by atoms with van der Waals surface area (Å²) in [5, 5.41) is 8.97. The van der Waals surface area contributed by atoms with Crippen LogP contribution in [0.15, 0.2) is 0 Å². The van der Waals surface area contributed by atoms with Gasteiger partial charge in [-0.05, 0) is 19.8 Å². The molecule has 0 saturated carbocycles. The summed E-state index contributed by atoms with van der Waals surface area (Å²) in [5.74, 6) is -1.87. The lowest BCUT2D eigenvalue weighted by Crippen LogP contribution is -2.48. The number of hydrogen-bond acceptors (Lipinski definition) is 4. The third-order valence-corrected chi connectivity index (χ3v) is 3.04. The van der Waals surface area contributed by atoms with E-state index in [9.17, 15) is 14.4 Å². The molecule has 108 valence electrons. The quantitative estimate of drug-likeness (QED) is 0.748. The van der Waals surface area contributed by atoms with Gasteiger partial charge in [-0.15, -0.1) is 0 Å². The van der Waals surface area contributed by atoms with Crippen molar-refractivity contribution in [3.05, 3.63) is 0 Å². The molecule has 0 aromatic heterocycles. The maximum absolute atomic E-state index is 12.1. The van der Waals surface area contributed by atoms with E-state index in [2.05, 4.69) is 0 Å². The van der Waals surface area contributed by atoms with Gasteiger partial charge in [-0.3, -0.25) is 9.59 Å². The number of carbonyl (C=O) groups excluding carboxylic acids is 2. The first-order valence-corrected chi connectivity index (χ1v) is 6.34. The standard InChI is InChI=1S/C12H20N2O5/c1-3-19-10(15)8-13(2)12(18)14-6-4-5-9(7-14)11(16)17/h9H,3-8H2,1-2H3,(H,16,17)/t9-/m1/s1. The van der Waals surface area contributed by atoms with Crippen LogP contribution in [0.4, 0.5) is 4.79 Å². The van der Waals surface area contributed by atoms with Crippen molar-refractivity contribution < 1.29 is 24.2 Å². The summed E-state index contributed by atoms with van der Waals surface area (Å²) < 4.78 is 4.76. The number of piperidine rings is 1. The number of likely N-dealkylation sites (N-methyl/N-ethyl adjacent to an activating group) is 1. The van der Waals surface area contributed by atoms with Gasteiger partial charge in [-0.1, -0.05) is 0 Å². The number of ether oxygens (including phenoxy) is 1. The van der Waals surface area contributed by atoms with Gasteiger partial charge >= 0.3 is 18.0 Å². The minimum atomic E-state index is -0.884. The minimum absolute atomic E-state index is 0.124. The Morgan fingerprint density at radius 1 is 1.42 bits per heavy atom. The van der Waals surface area contributed by atoms with Crippen LogP contribution in [0.5, 0.6) is 0 Å². The van der Waals surface area contributed by atoms with E-state index < -0.39 is 17.9 Å². The fourth-order valence-corrected chi connectivity index (χ4v) is 2.06. The summed E-state index contributed by atoms with van der Waals surface area (Å²) in [4.78, 5) is 37.0. The topological polar surface area (TPSA) is 87.2 Å². The Hall–Kier alpha value is -1.79. The molecule has 0 aromatic rings. The van der Waals surface area contributed by atoms with E-state index in [4.69, 9.17) is 9.84 Å². The van der Waals surface area contributed by atoms with Gasteiger partial charge in [0.15, 0.2) is 0 Å². The minimum Gasteiger partial charge on any atom is -0.481 e. The summed E-state index contributed by atoms with van der Waals surface area (Å²) in [6.45, 7) is 2.56. The molecule has 7 heteroatoms. The molecule has 1 saturated heterocycles. The SMILES string of the molecule is CCOC(=O)CN(C)C(=O)N1CCC[C@@H](C(=O)O)C1. The van der Waals surface area contributed by atoms with Crippen LogP contribution in [0.25, 0.3) is 0 Å². The molecule has 1 fully saturated rings. The zero-order chi connectivity index (χ0) is 14.4. The highest BCUT2D eigenvalue weighted by atomic mass is 16.5. The van der Waals surface area contributed by atoms with Crippen molar-refractivity contribution >= 4 is 18.0 Å². The maximum atomic E-state index is 12.1. The van der Waals surface area contributed by atoms with E-state index in [-0.39, 0.29) is 25.7 Å². The summed E-state index contributed by atoms with van der Waals surface area (Å²) in [7, 11) is 1.50. The predicted molar refractivity (Wildman–Crippen MR) is 66.6 cm³/mol. The van der Waals surface area contributed by atoms with Crippen molar-refractivity contribution in [1.29, 1.82) is 0 Å². The zero-order valence-corrected chi connectivity index (χ0v) is 11.3. The number of carboxylic acids is 1. The van der Waals surface area contributed by atoms with Crippen molar-refractivity contribution in [2.45, 2.75) is 19.8 Å². The van der Waals surface area contributed by atoms with Crippen molar-refractivity contribution in [2.75, 3.05) is 33.3 Å². The first-order valence-electron chi connectivity index (χ1n) is 6.34. The Labute approximate surface area is 112 Å². The van der Waals surface area contributed by atoms with Crippen molar-refractivity contribution in [3.63, 3.8) is 0 Å². The molecule has 19 heavy (non-hydrogen) atoms. The first kappa shape index (κ1) is 15.3. The molecule has 0 aliphatic carbocycles. The van der Waals surface area contributed by atoms with E-state index >= 15 is 0 Å². The van der Waals surface area contributed by atoms with Gasteiger partial charge in [-0.25, -0.2) is 4.79 Å². The third-order valence-electron chi connectivity index (χ3n) is 3.04. The number of urea groups is 1. The average Bonchev–Trinajstić information content (AvgIpc) is 2.38. The molecule has 1 aliphatic heterocycles. The van der Waals surface area contributed by atoms with Crippen LogP contribution in [-0.2, 0) is 14.3 Å². The highest BCUT2D eigenvalue weighted by Gasteiger charge is 2.30. The monoisotopic (exact) mass is 272 g/mol. The van der Waals surface area contributed by atoms with Gasteiger partial charge in [0, 0.05) is 20.1 Å². The van der Waals surface area contributed by atoms with E-state index in [1.54, 1.807) is 6.92 Å². The van der Waals surface area contributed by atoms with Gasteiger partial charge in [0.05, 0.1) is 12.5 Å². The van der Waals surface area contributed by atoms with Gasteiger partial charge in [-0.2, -0.15) is 0 Å². The van der Waals surface area contributed by atoms with Crippen LogP contribution in [-0.4, -0.2) is 66.2 Å². The number of carbonyl (C=O) groups is 3. The van der Waals surface area contributed by atoms with Crippen LogP contribution in [0, 0.1) is 5.92 Å². The number of aliphatic carboxylic acids is 1. The fourth-order valence-electron chi connectivity index (χ4n) is 2.06. The molecule has 0 unspecified atom stereocenters. The van der Waals surface area contributed by atoms with Crippen LogP contribution in [0.2, 0.25) is 0 Å². The molecule has 1 N–H and O–H groups in total. The number of esters is 1. The highest BCUT2D eigenvalue weighted by molar-refractivity contribution is 5.81. The molecular formula is C12H20N2O5. The average molecular weight is 272 g/mol. The third kappa shape index (κ3) is 4.42. The molecule has 0 spiro atoms.